The molecule has 0 aliphatic carbocycles. The van der Waals surface area contributed by atoms with Gasteiger partial charge in [-0.05, 0) is 38.3 Å². The van der Waals surface area contributed by atoms with E-state index in [9.17, 15) is 9.59 Å². The van der Waals surface area contributed by atoms with Crippen LogP contribution in [-0.2, 0) is 9.53 Å². The second-order valence-corrected chi connectivity index (χ2v) is 6.11. The van der Waals surface area contributed by atoms with Gasteiger partial charge in [0.2, 0.25) is 6.79 Å². The minimum absolute atomic E-state index is 0.0683. The lowest BCUT2D eigenvalue weighted by Gasteiger charge is -2.33. The number of amides is 1. The second-order valence-electron chi connectivity index (χ2n) is 5.70. The van der Waals surface area contributed by atoms with Crippen molar-refractivity contribution in [1.29, 1.82) is 0 Å². The van der Waals surface area contributed by atoms with Gasteiger partial charge in [-0.2, -0.15) is 0 Å². The normalized spacial score (nSPS) is 19.6. The molecular weight excluding hydrogens is 322 g/mol. The van der Waals surface area contributed by atoms with E-state index < -0.39 is 5.97 Å². The Labute approximate surface area is 139 Å². The maximum Gasteiger partial charge on any atom is 0.338 e. The molecule has 3 rings (SSSR count). The van der Waals surface area contributed by atoms with E-state index in [1.807, 2.05) is 6.92 Å². The number of fused-ring (bicyclic) bond motifs is 1. The van der Waals surface area contributed by atoms with Gasteiger partial charge in [0.25, 0.3) is 5.91 Å². The summed E-state index contributed by atoms with van der Waals surface area (Å²) in [7, 11) is 0. The summed E-state index contributed by atoms with van der Waals surface area (Å²) >= 11 is 6.03. The van der Waals surface area contributed by atoms with Crippen LogP contribution in [0.2, 0.25) is 5.02 Å². The van der Waals surface area contributed by atoms with Gasteiger partial charge in [-0.15, -0.1) is 0 Å². The third-order valence-corrected chi connectivity index (χ3v) is 4.39. The lowest BCUT2D eigenvalue weighted by molar-refractivity contribution is -0.137. The smallest absolute Gasteiger partial charge is 0.338 e. The summed E-state index contributed by atoms with van der Waals surface area (Å²) < 4.78 is 15.5. The molecule has 0 N–H and O–H groups in total. The van der Waals surface area contributed by atoms with Crippen LogP contribution in [0.3, 0.4) is 0 Å². The summed E-state index contributed by atoms with van der Waals surface area (Å²) in [6.07, 6.45) is 3.10. The van der Waals surface area contributed by atoms with E-state index in [0.29, 0.717) is 18.0 Å². The summed E-state index contributed by atoms with van der Waals surface area (Å²) in [6.45, 7) is 2.53. The van der Waals surface area contributed by atoms with Gasteiger partial charge in [0, 0.05) is 12.6 Å². The standard InChI is InChI=1S/C16H18ClNO5/c1-10-4-2-3-5-18(10)14(19)8-21-16(20)11-6-12(17)15-13(7-11)22-9-23-15/h6-7,10H,2-5,8-9H2,1H3. The van der Waals surface area contributed by atoms with E-state index in [-0.39, 0.29) is 35.9 Å². The van der Waals surface area contributed by atoms with Gasteiger partial charge in [0.05, 0.1) is 10.6 Å². The quantitative estimate of drug-likeness (QED) is 0.792. The monoisotopic (exact) mass is 339 g/mol. The van der Waals surface area contributed by atoms with E-state index in [2.05, 4.69) is 0 Å². The van der Waals surface area contributed by atoms with Crippen LogP contribution in [0.25, 0.3) is 0 Å². The Hall–Kier alpha value is -1.95. The van der Waals surface area contributed by atoms with Crippen molar-refractivity contribution in [3.8, 4) is 11.5 Å². The van der Waals surface area contributed by atoms with Gasteiger partial charge in [-0.25, -0.2) is 4.79 Å². The second kappa shape index (κ2) is 6.66. The maximum atomic E-state index is 12.2. The molecule has 2 aliphatic rings. The van der Waals surface area contributed by atoms with Crippen molar-refractivity contribution < 1.29 is 23.8 Å². The Bertz CT molecular complexity index is 633. The average molecular weight is 340 g/mol. The van der Waals surface area contributed by atoms with Crippen LogP contribution in [0.5, 0.6) is 11.5 Å². The average Bonchev–Trinajstić information content (AvgIpc) is 3.01. The summed E-state index contributed by atoms with van der Waals surface area (Å²) in [6, 6.07) is 3.14. The minimum Gasteiger partial charge on any atom is -0.454 e. The highest BCUT2D eigenvalue weighted by Gasteiger charge is 2.25. The van der Waals surface area contributed by atoms with Gasteiger partial charge < -0.3 is 19.1 Å². The first-order chi connectivity index (χ1) is 11.1. The number of ether oxygens (including phenoxy) is 3. The molecule has 0 radical (unpaired) electrons. The molecule has 23 heavy (non-hydrogen) atoms. The Morgan fingerprint density at radius 3 is 2.96 bits per heavy atom. The molecule has 1 fully saturated rings. The SMILES string of the molecule is CC1CCCCN1C(=O)COC(=O)c1cc(Cl)c2c(c1)OCO2. The topological polar surface area (TPSA) is 65.1 Å². The highest BCUT2D eigenvalue weighted by molar-refractivity contribution is 6.32. The zero-order chi connectivity index (χ0) is 16.4. The molecule has 0 bridgehead atoms. The van der Waals surface area contributed by atoms with Crippen LogP contribution >= 0.6 is 11.6 Å². The Morgan fingerprint density at radius 1 is 1.35 bits per heavy atom. The van der Waals surface area contributed by atoms with E-state index in [1.54, 1.807) is 4.90 Å². The Kier molecular flexibility index (Phi) is 4.61. The molecule has 1 aromatic rings. The number of piperidine rings is 1. The number of halogens is 1. The first kappa shape index (κ1) is 15.9. The van der Waals surface area contributed by atoms with Gasteiger partial charge in [-0.3, -0.25) is 4.79 Å². The van der Waals surface area contributed by atoms with E-state index in [1.165, 1.54) is 12.1 Å². The number of carbonyl (C=O) groups is 2. The summed E-state index contributed by atoms with van der Waals surface area (Å²) in [5.41, 5.74) is 0.235. The molecule has 0 saturated carbocycles. The van der Waals surface area contributed by atoms with Crippen LogP contribution in [0, 0.1) is 0 Å². The van der Waals surface area contributed by atoms with Gasteiger partial charge in [-0.1, -0.05) is 11.6 Å². The van der Waals surface area contributed by atoms with Crippen molar-refractivity contribution in [3.05, 3.63) is 22.7 Å². The first-order valence-corrected chi connectivity index (χ1v) is 8.00. The van der Waals surface area contributed by atoms with Crippen LogP contribution in [-0.4, -0.2) is 42.8 Å². The minimum atomic E-state index is -0.608. The molecule has 0 aromatic heterocycles. The number of rotatable bonds is 3. The summed E-state index contributed by atoms with van der Waals surface area (Å²) in [5, 5.41) is 0.280. The van der Waals surface area contributed by atoms with Crippen LogP contribution in [0.4, 0.5) is 0 Å². The zero-order valence-corrected chi connectivity index (χ0v) is 13.6. The first-order valence-electron chi connectivity index (χ1n) is 7.62. The molecular formula is C16H18ClNO5. The molecule has 1 amide bonds. The molecule has 1 unspecified atom stereocenters. The highest BCUT2D eigenvalue weighted by atomic mass is 35.5. The van der Waals surface area contributed by atoms with Crippen molar-refractivity contribution in [2.45, 2.75) is 32.2 Å². The highest BCUT2D eigenvalue weighted by Crippen LogP contribution is 2.39. The summed E-state index contributed by atoms with van der Waals surface area (Å²) in [4.78, 5) is 26.1. The number of esters is 1. The lowest BCUT2D eigenvalue weighted by atomic mass is 10.0. The molecule has 6 nitrogen and oxygen atoms in total. The number of hydrogen-bond donors (Lipinski definition) is 0. The molecule has 7 heteroatoms. The molecule has 0 spiro atoms. The predicted molar refractivity (Wildman–Crippen MR) is 82.9 cm³/mol. The molecule has 1 atom stereocenters. The number of benzene rings is 1. The molecule has 1 aromatic carbocycles. The fourth-order valence-electron chi connectivity index (χ4n) is 2.85. The molecule has 1 saturated heterocycles. The van der Waals surface area contributed by atoms with Crippen molar-refractivity contribution >= 4 is 23.5 Å². The van der Waals surface area contributed by atoms with Gasteiger partial charge >= 0.3 is 5.97 Å². The number of hydrogen-bond acceptors (Lipinski definition) is 5. The largest absolute Gasteiger partial charge is 0.454 e. The Balaban J connectivity index is 1.61. The van der Waals surface area contributed by atoms with E-state index in [4.69, 9.17) is 25.8 Å². The van der Waals surface area contributed by atoms with Crippen molar-refractivity contribution in [3.63, 3.8) is 0 Å². The summed E-state index contributed by atoms with van der Waals surface area (Å²) in [5.74, 6) is 0.0440. The molecule has 2 aliphatic heterocycles. The van der Waals surface area contributed by atoms with Crippen LogP contribution < -0.4 is 9.47 Å². The number of nitrogens with zero attached hydrogens (tertiary/aromatic N) is 1. The number of carbonyl (C=O) groups excluding carboxylic acids is 2. The lowest BCUT2D eigenvalue weighted by Crippen LogP contribution is -2.44. The van der Waals surface area contributed by atoms with E-state index >= 15 is 0 Å². The fourth-order valence-corrected chi connectivity index (χ4v) is 3.11. The fraction of sp³-hybridized carbons (Fsp3) is 0.500. The molecule has 124 valence electrons. The third-order valence-electron chi connectivity index (χ3n) is 4.11. The predicted octanol–water partition coefficient (Wildman–Crippen LogP) is 2.63. The van der Waals surface area contributed by atoms with Crippen molar-refractivity contribution in [2.24, 2.45) is 0 Å². The van der Waals surface area contributed by atoms with Crippen molar-refractivity contribution in [1.82, 2.24) is 4.90 Å². The van der Waals surface area contributed by atoms with Gasteiger partial charge in [0.15, 0.2) is 18.1 Å². The van der Waals surface area contributed by atoms with Crippen molar-refractivity contribution in [2.75, 3.05) is 19.9 Å². The maximum absolute atomic E-state index is 12.2. The van der Waals surface area contributed by atoms with E-state index in [0.717, 1.165) is 19.3 Å². The Morgan fingerprint density at radius 2 is 2.17 bits per heavy atom. The number of likely N-dealkylation sites (tertiary alicyclic amines) is 1. The molecule has 2 heterocycles. The zero-order valence-electron chi connectivity index (χ0n) is 12.8. The van der Waals surface area contributed by atoms with Crippen LogP contribution in [0.15, 0.2) is 12.1 Å². The van der Waals surface area contributed by atoms with Crippen LogP contribution in [0.1, 0.15) is 36.5 Å². The third kappa shape index (κ3) is 3.37. The van der Waals surface area contributed by atoms with Gasteiger partial charge in [0.1, 0.15) is 0 Å².